The third kappa shape index (κ3) is 4.55. The van der Waals surface area contributed by atoms with Crippen LogP contribution in [0.25, 0.3) is 0 Å². The van der Waals surface area contributed by atoms with Crippen molar-refractivity contribution in [2.24, 2.45) is 0 Å². The molecule has 1 heterocycles. The summed E-state index contributed by atoms with van der Waals surface area (Å²) in [6.07, 6.45) is 4.94. The molecule has 1 aromatic carbocycles. The number of nitrogens with zero attached hydrogens (tertiary/aromatic N) is 1. The van der Waals surface area contributed by atoms with Crippen LogP contribution in [0.3, 0.4) is 0 Å². The van der Waals surface area contributed by atoms with E-state index in [1.165, 1.54) is 17.8 Å². The van der Waals surface area contributed by atoms with Crippen LogP contribution >= 0.6 is 31.1 Å². The highest BCUT2D eigenvalue weighted by Crippen LogP contribution is 2.51. The molecule has 5 nitrogen and oxygen atoms in total. The molecular formula is C16H18NO4PS2. The van der Waals surface area contributed by atoms with E-state index in [2.05, 4.69) is 0 Å². The van der Waals surface area contributed by atoms with Crippen molar-refractivity contribution in [2.75, 3.05) is 6.29 Å². The molecule has 0 fully saturated rings. The van der Waals surface area contributed by atoms with Gasteiger partial charge in [0.15, 0.2) is 0 Å². The maximum Gasteiger partial charge on any atom is 0.345 e. The van der Waals surface area contributed by atoms with E-state index in [4.69, 9.17) is 0 Å². The zero-order valence-corrected chi connectivity index (χ0v) is 15.4. The molecule has 0 bridgehead atoms. The summed E-state index contributed by atoms with van der Waals surface area (Å²) in [7, 11) is -4.21. The Bertz CT molecular complexity index is 742. The van der Waals surface area contributed by atoms with Crippen LogP contribution in [0.2, 0.25) is 0 Å². The summed E-state index contributed by atoms with van der Waals surface area (Å²) in [6, 6.07) is 9.35. The minimum Gasteiger partial charge on any atom is -0.327 e. The predicted molar refractivity (Wildman–Crippen MR) is 97.2 cm³/mol. The Kier molecular flexibility index (Phi) is 5.57. The van der Waals surface area contributed by atoms with E-state index in [0.29, 0.717) is 5.03 Å². The maximum absolute atomic E-state index is 12.3. The molecule has 3 rings (SSSR count). The van der Waals surface area contributed by atoms with Gasteiger partial charge < -0.3 is 14.7 Å². The van der Waals surface area contributed by atoms with Gasteiger partial charge in [0.05, 0.1) is 5.03 Å². The molecule has 0 unspecified atom stereocenters. The SMILES string of the molecule is O=C(/C=C1/SC2=C(CCCC2)N1CP(=O)(O)O)Sc1ccccc1. The third-order valence-electron chi connectivity index (χ3n) is 3.74. The molecule has 0 radical (unpaired) electrons. The lowest BCUT2D eigenvalue weighted by molar-refractivity contribution is -0.107. The fourth-order valence-corrected chi connectivity index (χ4v) is 5.59. The molecule has 0 saturated carbocycles. The first-order chi connectivity index (χ1) is 11.4. The van der Waals surface area contributed by atoms with Gasteiger partial charge in [-0.3, -0.25) is 9.36 Å². The molecule has 0 atom stereocenters. The number of thioether (sulfide) groups is 2. The Morgan fingerprint density at radius 1 is 1.25 bits per heavy atom. The summed E-state index contributed by atoms with van der Waals surface area (Å²) in [4.78, 5) is 34.7. The van der Waals surface area contributed by atoms with Gasteiger partial charge in [-0.2, -0.15) is 0 Å². The monoisotopic (exact) mass is 383 g/mol. The number of carbonyl (C=O) groups is 1. The predicted octanol–water partition coefficient (Wildman–Crippen LogP) is 4.12. The van der Waals surface area contributed by atoms with E-state index < -0.39 is 7.60 Å². The van der Waals surface area contributed by atoms with Crippen LogP contribution < -0.4 is 0 Å². The van der Waals surface area contributed by atoms with Crippen molar-refractivity contribution in [3.63, 3.8) is 0 Å². The summed E-state index contributed by atoms with van der Waals surface area (Å²) < 4.78 is 11.5. The first kappa shape index (κ1) is 17.8. The standard InChI is InChI=1S/C16H18NO4PS2/c18-16(23-12-6-2-1-3-7-12)10-15-17(11-22(19,20)21)13-8-4-5-9-14(13)24-15/h1-3,6-7,10H,4-5,8-9,11H2,(H2,19,20,21)/b15-10+. The highest BCUT2D eigenvalue weighted by atomic mass is 32.2. The summed E-state index contributed by atoms with van der Waals surface area (Å²) in [6.45, 7) is 0. The number of hydrogen-bond acceptors (Lipinski definition) is 5. The highest BCUT2D eigenvalue weighted by molar-refractivity contribution is 8.14. The molecule has 0 amide bonds. The van der Waals surface area contributed by atoms with Gasteiger partial charge in [0.1, 0.15) is 6.29 Å². The smallest absolute Gasteiger partial charge is 0.327 e. The zero-order chi connectivity index (χ0) is 17.2. The summed E-state index contributed by atoms with van der Waals surface area (Å²) >= 11 is 2.59. The minimum atomic E-state index is -4.21. The van der Waals surface area contributed by atoms with E-state index in [-0.39, 0.29) is 11.4 Å². The summed E-state index contributed by atoms with van der Waals surface area (Å²) in [5.74, 6) is 0. The van der Waals surface area contributed by atoms with E-state index in [1.807, 2.05) is 30.3 Å². The molecule has 24 heavy (non-hydrogen) atoms. The molecule has 2 N–H and O–H groups in total. The number of carbonyl (C=O) groups excluding carboxylic acids is 1. The van der Waals surface area contributed by atoms with Gasteiger partial charge in [0.25, 0.3) is 0 Å². The lowest BCUT2D eigenvalue weighted by atomic mass is 10.0. The fraction of sp³-hybridized carbons (Fsp3) is 0.312. The zero-order valence-electron chi connectivity index (χ0n) is 12.9. The van der Waals surface area contributed by atoms with Gasteiger partial charge in [-0.05, 0) is 49.6 Å². The third-order valence-corrected chi connectivity index (χ3v) is 6.45. The number of rotatable bonds is 4. The normalized spacial score (nSPS) is 19.8. The molecule has 2 aliphatic rings. The molecule has 8 heteroatoms. The van der Waals surface area contributed by atoms with Gasteiger partial charge in [-0.25, -0.2) is 0 Å². The van der Waals surface area contributed by atoms with Gasteiger partial charge >= 0.3 is 7.60 Å². The molecule has 0 saturated heterocycles. The van der Waals surface area contributed by atoms with Gasteiger partial charge in [0, 0.05) is 21.6 Å². The van der Waals surface area contributed by atoms with Crippen molar-refractivity contribution in [1.82, 2.24) is 4.90 Å². The van der Waals surface area contributed by atoms with Crippen LogP contribution in [-0.2, 0) is 9.36 Å². The fourth-order valence-electron chi connectivity index (χ4n) is 2.75. The second kappa shape index (κ2) is 7.50. The lowest BCUT2D eigenvalue weighted by Gasteiger charge is -2.25. The first-order valence-corrected chi connectivity index (χ1v) is 11.1. The molecule has 1 aromatic rings. The van der Waals surface area contributed by atoms with Crippen LogP contribution in [0.4, 0.5) is 0 Å². The van der Waals surface area contributed by atoms with Crippen molar-refractivity contribution >= 4 is 36.2 Å². The average Bonchev–Trinajstić information content (AvgIpc) is 2.84. The topological polar surface area (TPSA) is 77.8 Å². The molecular weight excluding hydrogens is 365 g/mol. The van der Waals surface area contributed by atoms with E-state index in [1.54, 1.807) is 4.90 Å². The van der Waals surface area contributed by atoms with Gasteiger partial charge in [-0.1, -0.05) is 30.0 Å². The molecule has 0 spiro atoms. The average molecular weight is 383 g/mol. The second-order valence-corrected chi connectivity index (χ2v) is 9.44. The molecule has 1 aliphatic heterocycles. The minimum absolute atomic E-state index is 0.140. The Morgan fingerprint density at radius 2 is 1.96 bits per heavy atom. The molecule has 128 valence electrons. The van der Waals surface area contributed by atoms with Crippen molar-refractivity contribution in [2.45, 2.75) is 30.6 Å². The van der Waals surface area contributed by atoms with Crippen molar-refractivity contribution in [1.29, 1.82) is 0 Å². The van der Waals surface area contributed by atoms with Crippen molar-refractivity contribution < 1.29 is 19.1 Å². The van der Waals surface area contributed by atoms with E-state index in [0.717, 1.165) is 52.9 Å². The Hall–Kier alpha value is -0.980. The van der Waals surface area contributed by atoms with E-state index in [9.17, 15) is 19.1 Å². The molecule has 1 aliphatic carbocycles. The number of allylic oxidation sites excluding steroid dienone is 2. The van der Waals surface area contributed by atoms with Crippen LogP contribution in [0.15, 0.2) is 56.9 Å². The second-order valence-electron chi connectivity index (χ2n) is 5.63. The Balaban J connectivity index is 1.80. The van der Waals surface area contributed by atoms with Crippen LogP contribution in [0, 0.1) is 0 Å². The van der Waals surface area contributed by atoms with Gasteiger partial charge in [-0.15, -0.1) is 0 Å². The number of benzene rings is 1. The Morgan fingerprint density at radius 3 is 2.67 bits per heavy atom. The quantitative estimate of drug-likeness (QED) is 0.460. The van der Waals surface area contributed by atoms with Gasteiger partial charge in [0.2, 0.25) is 5.12 Å². The highest BCUT2D eigenvalue weighted by Gasteiger charge is 2.33. The first-order valence-electron chi connectivity index (χ1n) is 7.63. The van der Waals surface area contributed by atoms with Crippen LogP contribution in [0.5, 0.6) is 0 Å². The lowest BCUT2D eigenvalue weighted by Crippen LogP contribution is -2.20. The Labute approximate surface area is 149 Å². The van der Waals surface area contributed by atoms with E-state index >= 15 is 0 Å². The molecule has 0 aromatic heterocycles. The summed E-state index contributed by atoms with van der Waals surface area (Å²) in [5, 5.41) is 0.484. The maximum atomic E-state index is 12.3. The van der Waals surface area contributed by atoms with Crippen molar-refractivity contribution in [3.8, 4) is 0 Å². The number of hydrogen-bond donors (Lipinski definition) is 2. The largest absolute Gasteiger partial charge is 0.345 e. The van der Waals surface area contributed by atoms with Crippen LogP contribution in [0.1, 0.15) is 25.7 Å². The van der Waals surface area contributed by atoms with Crippen LogP contribution in [-0.4, -0.2) is 26.1 Å². The van der Waals surface area contributed by atoms with Crippen molar-refractivity contribution in [3.05, 3.63) is 52.0 Å². The summed E-state index contributed by atoms with van der Waals surface area (Å²) in [5.41, 5.74) is 0.971.